The summed E-state index contributed by atoms with van der Waals surface area (Å²) in [6, 6.07) is 2.04. The van der Waals surface area contributed by atoms with Crippen molar-refractivity contribution < 1.29 is 4.42 Å². The van der Waals surface area contributed by atoms with Crippen LogP contribution in [0.3, 0.4) is 0 Å². The minimum Gasteiger partial charge on any atom is -0.472 e. The van der Waals surface area contributed by atoms with Gasteiger partial charge in [0.25, 0.3) is 0 Å². The SMILES string of the molecule is CCN1CCCC(CN)(N(C)Cc2ccoc2)CC1. The Bertz CT molecular complexity index is 365. The van der Waals surface area contributed by atoms with Crippen molar-refractivity contribution >= 4 is 0 Å². The summed E-state index contributed by atoms with van der Waals surface area (Å²) in [6.07, 6.45) is 7.15. The van der Waals surface area contributed by atoms with Crippen LogP contribution in [-0.4, -0.2) is 48.6 Å². The summed E-state index contributed by atoms with van der Waals surface area (Å²) in [5.74, 6) is 0. The van der Waals surface area contributed by atoms with E-state index >= 15 is 0 Å². The molecule has 0 amide bonds. The minimum absolute atomic E-state index is 0.140. The summed E-state index contributed by atoms with van der Waals surface area (Å²) in [7, 11) is 2.20. The molecule has 2 N–H and O–H groups in total. The van der Waals surface area contributed by atoms with Crippen LogP contribution in [0.1, 0.15) is 31.7 Å². The van der Waals surface area contributed by atoms with Crippen LogP contribution >= 0.6 is 0 Å². The molecule has 1 unspecified atom stereocenters. The largest absolute Gasteiger partial charge is 0.472 e. The van der Waals surface area contributed by atoms with Gasteiger partial charge in [-0.3, -0.25) is 4.90 Å². The maximum atomic E-state index is 6.14. The molecule has 1 aromatic rings. The third-order valence-corrected chi connectivity index (χ3v) is 4.65. The molecule has 1 aliphatic heterocycles. The Hall–Kier alpha value is -0.840. The third kappa shape index (κ3) is 3.38. The van der Waals surface area contributed by atoms with E-state index in [2.05, 4.69) is 23.8 Å². The van der Waals surface area contributed by atoms with Gasteiger partial charge in [0.15, 0.2) is 0 Å². The lowest BCUT2D eigenvalue weighted by molar-refractivity contribution is 0.0992. The smallest absolute Gasteiger partial charge is 0.0947 e. The van der Waals surface area contributed by atoms with E-state index in [-0.39, 0.29) is 5.54 Å². The van der Waals surface area contributed by atoms with Gasteiger partial charge in [0.2, 0.25) is 0 Å². The number of hydrogen-bond acceptors (Lipinski definition) is 4. The minimum atomic E-state index is 0.140. The first-order chi connectivity index (χ1) is 9.20. The molecular formula is C15H27N3O. The van der Waals surface area contributed by atoms with Gasteiger partial charge in [-0.1, -0.05) is 6.92 Å². The first-order valence-electron chi connectivity index (χ1n) is 7.35. The average molecular weight is 265 g/mol. The van der Waals surface area contributed by atoms with Crippen LogP contribution in [0.25, 0.3) is 0 Å². The van der Waals surface area contributed by atoms with E-state index in [1.165, 1.54) is 24.9 Å². The Kier molecular flexibility index (Phi) is 5.02. The number of likely N-dealkylation sites (N-methyl/N-ethyl adjacent to an activating group) is 1. The second-order valence-electron chi connectivity index (χ2n) is 5.70. The Morgan fingerprint density at radius 1 is 1.42 bits per heavy atom. The van der Waals surface area contributed by atoms with Crippen molar-refractivity contribution in [1.29, 1.82) is 0 Å². The molecule has 0 spiro atoms. The van der Waals surface area contributed by atoms with E-state index in [1.807, 2.05) is 12.3 Å². The second-order valence-corrected chi connectivity index (χ2v) is 5.70. The lowest BCUT2D eigenvalue weighted by Gasteiger charge is -2.40. The van der Waals surface area contributed by atoms with Crippen molar-refractivity contribution in [2.24, 2.45) is 5.73 Å². The molecule has 1 saturated heterocycles. The first kappa shape index (κ1) is 14.6. The molecule has 4 heteroatoms. The van der Waals surface area contributed by atoms with Crippen molar-refractivity contribution in [2.45, 2.75) is 38.3 Å². The van der Waals surface area contributed by atoms with Gasteiger partial charge in [0.1, 0.15) is 0 Å². The highest BCUT2D eigenvalue weighted by Crippen LogP contribution is 2.28. The number of hydrogen-bond donors (Lipinski definition) is 1. The molecule has 0 radical (unpaired) electrons. The van der Waals surface area contributed by atoms with Crippen LogP contribution < -0.4 is 5.73 Å². The number of nitrogens with two attached hydrogens (primary N) is 1. The van der Waals surface area contributed by atoms with Gasteiger partial charge in [-0.05, 0) is 52.0 Å². The molecule has 1 aliphatic rings. The van der Waals surface area contributed by atoms with Gasteiger partial charge in [-0.25, -0.2) is 0 Å². The molecule has 0 saturated carbocycles. The summed E-state index contributed by atoms with van der Waals surface area (Å²) in [5.41, 5.74) is 7.51. The molecule has 2 rings (SSSR count). The summed E-state index contributed by atoms with van der Waals surface area (Å²) in [5, 5.41) is 0. The van der Waals surface area contributed by atoms with Crippen LogP contribution in [0.5, 0.6) is 0 Å². The summed E-state index contributed by atoms with van der Waals surface area (Å²) in [4.78, 5) is 4.96. The maximum Gasteiger partial charge on any atom is 0.0947 e. The maximum absolute atomic E-state index is 6.14. The van der Waals surface area contributed by atoms with E-state index in [0.717, 1.165) is 32.6 Å². The van der Waals surface area contributed by atoms with Crippen molar-refractivity contribution in [3.63, 3.8) is 0 Å². The fraction of sp³-hybridized carbons (Fsp3) is 0.733. The highest BCUT2D eigenvalue weighted by Gasteiger charge is 2.34. The molecule has 0 aliphatic carbocycles. The van der Waals surface area contributed by atoms with Crippen molar-refractivity contribution in [3.05, 3.63) is 24.2 Å². The van der Waals surface area contributed by atoms with Gasteiger partial charge in [0.05, 0.1) is 12.5 Å². The van der Waals surface area contributed by atoms with Crippen molar-refractivity contribution in [1.82, 2.24) is 9.80 Å². The van der Waals surface area contributed by atoms with Crippen molar-refractivity contribution in [3.8, 4) is 0 Å². The summed E-state index contributed by atoms with van der Waals surface area (Å²) < 4.78 is 5.16. The Labute approximate surface area is 116 Å². The van der Waals surface area contributed by atoms with E-state index in [9.17, 15) is 0 Å². The standard InChI is InChI=1S/C15H27N3O/c1-3-18-8-4-6-15(13-16,7-9-18)17(2)11-14-5-10-19-12-14/h5,10,12H,3-4,6-9,11,13,16H2,1-2H3. The number of rotatable bonds is 5. The number of likely N-dealkylation sites (tertiary alicyclic amines) is 1. The Balaban J connectivity index is 2.04. The lowest BCUT2D eigenvalue weighted by Crippen LogP contribution is -2.52. The molecule has 19 heavy (non-hydrogen) atoms. The van der Waals surface area contributed by atoms with Crippen molar-refractivity contribution in [2.75, 3.05) is 33.2 Å². The van der Waals surface area contributed by atoms with Gasteiger partial charge >= 0.3 is 0 Å². The van der Waals surface area contributed by atoms with E-state index in [0.29, 0.717) is 0 Å². The monoisotopic (exact) mass is 265 g/mol. The first-order valence-corrected chi connectivity index (χ1v) is 7.35. The predicted molar refractivity (Wildman–Crippen MR) is 77.9 cm³/mol. The van der Waals surface area contributed by atoms with Crippen LogP contribution in [0.4, 0.5) is 0 Å². The highest BCUT2D eigenvalue weighted by atomic mass is 16.3. The van der Waals surface area contributed by atoms with E-state index in [1.54, 1.807) is 6.26 Å². The zero-order valence-corrected chi connectivity index (χ0v) is 12.3. The van der Waals surface area contributed by atoms with E-state index in [4.69, 9.17) is 10.2 Å². The topological polar surface area (TPSA) is 45.6 Å². The Morgan fingerprint density at radius 2 is 2.26 bits per heavy atom. The van der Waals surface area contributed by atoms with Gasteiger partial charge in [0, 0.05) is 24.2 Å². The third-order valence-electron chi connectivity index (χ3n) is 4.65. The fourth-order valence-corrected chi connectivity index (χ4v) is 3.12. The summed E-state index contributed by atoms with van der Waals surface area (Å²) >= 11 is 0. The van der Waals surface area contributed by atoms with Gasteiger partial charge in [-0.15, -0.1) is 0 Å². The van der Waals surface area contributed by atoms with Crippen LogP contribution in [0.15, 0.2) is 23.0 Å². The molecule has 108 valence electrons. The van der Waals surface area contributed by atoms with Gasteiger partial charge in [-0.2, -0.15) is 0 Å². The van der Waals surface area contributed by atoms with Crippen LogP contribution in [0.2, 0.25) is 0 Å². The predicted octanol–water partition coefficient (Wildman–Crippen LogP) is 1.91. The Morgan fingerprint density at radius 3 is 2.89 bits per heavy atom. The lowest BCUT2D eigenvalue weighted by atomic mass is 9.88. The molecule has 1 fully saturated rings. The molecule has 4 nitrogen and oxygen atoms in total. The molecule has 0 aromatic carbocycles. The average Bonchev–Trinajstić information content (AvgIpc) is 2.83. The number of furan rings is 1. The molecule has 1 atom stereocenters. The van der Waals surface area contributed by atoms with Crippen LogP contribution in [-0.2, 0) is 6.54 Å². The normalized spacial score (nSPS) is 25.7. The molecule has 1 aromatic heterocycles. The zero-order chi connectivity index (χ0) is 13.7. The fourth-order valence-electron chi connectivity index (χ4n) is 3.12. The summed E-state index contributed by atoms with van der Waals surface area (Å²) in [6.45, 7) is 7.40. The molecule has 0 bridgehead atoms. The zero-order valence-electron chi connectivity index (χ0n) is 12.3. The number of nitrogens with zero attached hydrogens (tertiary/aromatic N) is 2. The van der Waals surface area contributed by atoms with Gasteiger partial charge < -0.3 is 15.1 Å². The van der Waals surface area contributed by atoms with E-state index < -0.39 is 0 Å². The highest BCUT2D eigenvalue weighted by molar-refractivity contribution is 5.06. The molecular weight excluding hydrogens is 238 g/mol. The van der Waals surface area contributed by atoms with Crippen LogP contribution in [0, 0.1) is 0 Å². The molecule has 2 heterocycles. The second kappa shape index (κ2) is 6.55. The quantitative estimate of drug-likeness (QED) is 0.883.